The molecule has 1 heterocycles. The zero-order valence-corrected chi connectivity index (χ0v) is 19.8. The van der Waals surface area contributed by atoms with E-state index in [0.29, 0.717) is 0 Å². The standard InChI is InChI=1S/C25H37BO4/c1-22(2,3)28-21(27)17-10-13-25(14-11-17)15-12-18-16-19(8-9-20(18)25)26-29-23(4,5)24(6,7)30-26/h8-9,16-17H,10-15H2,1-7H3/t17-,25+. The minimum atomic E-state index is -0.407. The Labute approximate surface area is 182 Å². The minimum Gasteiger partial charge on any atom is -0.460 e. The molecule has 3 aliphatic rings. The number of carbonyl (C=O) groups is 1. The van der Waals surface area contributed by atoms with E-state index in [-0.39, 0.29) is 35.6 Å². The molecule has 1 aliphatic heterocycles. The third kappa shape index (κ3) is 3.84. The predicted octanol–water partition coefficient (Wildman–Crippen LogP) is 4.70. The maximum absolute atomic E-state index is 12.5. The van der Waals surface area contributed by atoms with Crippen LogP contribution in [-0.4, -0.2) is 29.9 Å². The molecular formula is C25H37BO4. The van der Waals surface area contributed by atoms with Gasteiger partial charge in [0.15, 0.2) is 0 Å². The van der Waals surface area contributed by atoms with Gasteiger partial charge in [-0.2, -0.15) is 0 Å². The number of ether oxygens (including phenoxy) is 1. The molecule has 4 rings (SSSR count). The zero-order valence-electron chi connectivity index (χ0n) is 19.8. The Morgan fingerprint density at radius 2 is 1.63 bits per heavy atom. The van der Waals surface area contributed by atoms with Crippen LogP contribution in [-0.2, 0) is 30.7 Å². The summed E-state index contributed by atoms with van der Waals surface area (Å²) < 4.78 is 18.1. The lowest BCUT2D eigenvalue weighted by molar-refractivity contribution is -0.161. The number of hydrogen-bond acceptors (Lipinski definition) is 4. The molecule has 2 aliphatic carbocycles. The topological polar surface area (TPSA) is 44.8 Å². The summed E-state index contributed by atoms with van der Waals surface area (Å²) >= 11 is 0. The first-order valence-electron chi connectivity index (χ1n) is 11.5. The quantitative estimate of drug-likeness (QED) is 0.522. The molecule has 5 heteroatoms. The molecule has 164 valence electrons. The van der Waals surface area contributed by atoms with Gasteiger partial charge in [0.25, 0.3) is 0 Å². The number of hydrogen-bond donors (Lipinski definition) is 0. The molecule has 30 heavy (non-hydrogen) atoms. The van der Waals surface area contributed by atoms with E-state index in [9.17, 15) is 4.79 Å². The van der Waals surface area contributed by atoms with Crippen LogP contribution in [0.25, 0.3) is 0 Å². The molecular weight excluding hydrogens is 375 g/mol. The highest BCUT2D eigenvalue weighted by atomic mass is 16.7. The minimum absolute atomic E-state index is 0.0216. The van der Waals surface area contributed by atoms with Gasteiger partial charge in [-0.15, -0.1) is 0 Å². The summed E-state index contributed by atoms with van der Waals surface area (Å²) in [7, 11) is -0.306. The van der Waals surface area contributed by atoms with Crippen LogP contribution in [0.1, 0.15) is 91.7 Å². The fourth-order valence-corrected chi connectivity index (χ4v) is 5.28. The molecule has 2 fully saturated rings. The van der Waals surface area contributed by atoms with E-state index < -0.39 is 5.60 Å². The number of carbonyl (C=O) groups excluding carboxylic acids is 1. The van der Waals surface area contributed by atoms with Gasteiger partial charge in [-0.25, -0.2) is 0 Å². The molecule has 1 saturated heterocycles. The lowest BCUT2D eigenvalue weighted by Crippen LogP contribution is -2.41. The summed E-state index contributed by atoms with van der Waals surface area (Å²) in [5, 5.41) is 0. The van der Waals surface area contributed by atoms with E-state index in [1.165, 1.54) is 17.5 Å². The average Bonchev–Trinajstić information content (AvgIpc) is 3.08. The maximum Gasteiger partial charge on any atom is 0.494 e. The molecule has 0 N–H and O–H groups in total. The summed E-state index contributed by atoms with van der Waals surface area (Å²) in [5.74, 6) is 0.0228. The van der Waals surface area contributed by atoms with Crippen molar-refractivity contribution in [2.75, 3.05) is 0 Å². The molecule has 4 nitrogen and oxygen atoms in total. The van der Waals surface area contributed by atoms with Gasteiger partial charge in [0.05, 0.1) is 17.1 Å². The highest BCUT2D eigenvalue weighted by molar-refractivity contribution is 6.62. The second-order valence-electron chi connectivity index (χ2n) is 11.6. The van der Waals surface area contributed by atoms with Crippen molar-refractivity contribution in [1.82, 2.24) is 0 Å². The normalized spacial score (nSPS) is 29.8. The molecule has 0 bridgehead atoms. The second-order valence-corrected chi connectivity index (χ2v) is 11.6. The van der Waals surface area contributed by atoms with Crippen molar-refractivity contribution in [2.45, 2.75) is 109 Å². The van der Waals surface area contributed by atoms with E-state index in [1.54, 1.807) is 0 Å². The number of fused-ring (bicyclic) bond motifs is 2. The van der Waals surface area contributed by atoms with Crippen LogP contribution in [0.2, 0.25) is 0 Å². The van der Waals surface area contributed by atoms with E-state index in [0.717, 1.165) is 37.6 Å². The zero-order chi connectivity index (χ0) is 21.9. The second kappa shape index (κ2) is 7.10. The largest absolute Gasteiger partial charge is 0.494 e. The van der Waals surface area contributed by atoms with Crippen LogP contribution in [0.3, 0.4) is 0 Å². The average molecular weight is 412 g/mol. The van der Waals surface area contributed by atoms with Crippen molar-refractivity contribution < 1.29 is 18.8 Å². The van der Waals surface area contributed by atoms with E-state index in [2.05, 4.69) is 45.9 Å². The van der Waals surface area contributed by atoms with Gasteiger partial charge < -0.3 is 14.0 Å². The summed E-state index contributed by atoms with van der Waals surface area (Å²) in [5.41, 5.74) is 3.20. The van der Waals surface area contributed by atoms with Crippen LogP contribution >= 0.6 is 0 Å². The van der Waals surface area contributed by atoms with Crippen LogP contribution in [0.4, 0.5) is 0 Å². The SMILES string of the molecule is CC(C)(C)OC(=O)[C@H]1CC[C@]2(CCc3cc(B4OC(C)(C)C(C)(C)O4)ccc32)CC1. The molecule has 0 atom stereocenters. The van der Waals surface area contributed by atoms with Gasteiger partial charge in [-0.3, -0.25) is 4.79 Å². The Bertz CT molecular complexity index is 812. The fourth-order valence-electron chi connectivity index (χ4n) is 5.28. The van der Waals surface area contributed by atoms with Gasteiger partial charge in [0.1, 0.15) is 5.60 Å². The summed E-state index contributed by atoms with van der Waals surface area (Å²) in [4.78, 5) is 12.5. The Balaban J connectivity index is 1.47. The number of esters is 1. The third-order valence-corrected chi connectivity index (χ3v) is 7.78. The number of rotatable bonds is 2. The molecule has 0 amide bonds. The Morgan fingerprint density at radius 3 is 2.20 bits per heavy atom. The molecule has 0 radical (unpaired) electrons. The number of benzene rings is 1. The summed E-state index contributed by atoms with van der Waals surface area (Å²) in [6.45, 7) is 14.2. The van der Waals surface area contributed by atoms with Crippen molar-refractivity contribution in [1.29, 1.82) is 0 Å². The lowest BCUT2D eigenvalue weighted by Gasteiger charge is -2.38. The first kappa shape index (κ1) is 21.9. The van der Waals surface area contributed by atoms with Crippen molar-refractivity contribution in [3.05, 3.63) is 29.3 Å². The lowest BCUT2D eigenvalue weighted by atomic mass is 9.67. The van der Waals surface area contributed by atoms with Crippen LogP contribution < -0.4 is 5.46 Å². The van der Waals surface area contributed by atoms with Gasteiger partial charge >= 0.3 is 13.1 Å². The fraction of sp³-hybridized carbons (Fsp3) is 0.720. The smallest absolute Gasteiger partial charge is 0.460 e. The van der Waals surface area contributed by atoms with Gasteiger partial charge in [-0.05, 0) is 109 Å². The van der Waals surface area contributed by atoms with Gasteiger partial charge in [0, 0.05) is 0 Å². The first-order chi connectivity index (χ1) is 13.8. The van der Waals surface area contributed by atoms with E-state index in [4.69, 9.17) is 14.0 Å². The third-order valence-electron chi connectivity index (χ3n) is 7.78. The van der Waals surface area contributed by atoms with Crippen LogP contribution in [0.15, 0.2) is 18.2 Å². The van der Waals surface area contributed by atoms with E-state index >= 15 is 0 Å². The van der Waals surface area contributed by atoms with Gasteiger partial charge in [-0.1, -0.05) is 18.2 Å². The Hall–Kier alpha value is -1.33. The number of aryl methyl sites for hydroxylation is 1. The highest BCUT2D eigenvalue weighted by Gasteiger charge is 2.52. The molecule has 1 saturated carbocycles. The molecule has 1 spiro atoms. The molecule has 1 aromatic rings. The van der Waals surface area contributed by atoms with Crippen LogP contribution in [0, 0.1) is 5.92 Å². The van der Waals surface area contributed by atoms with Crippen molar-refractivity contribution >= 4 is 18.6 Å². The molecule has 1 aromatic carbocycles. The van der Waals surface area contributed by atoms with Crippen LogP contribution in [0.5, 0.6) is 0 Å². The van der Waals surface area contributed by atoms with Gasteiger partial charge in [0.2, 0.25) is 0 Å². The van der Waals surface area contributed by atoms with Crippen molar-refractivity contribution in [2.24, 2.45) is 5.92 Å². The first-order valence-corrected chi connectivity index (χ1v) is 11.5. The Kier molecular flexibility index (Phi) is 5.18. The van der Waals surface area contributed by atoms with Crippen molar-refractivity contribution in [3.8, 4) is 0 Å². The predicted molar refractivity (Wildman–Crippen MR) is 120 cm³/mol. The molecule has 0 aromatic heterocycles. The highest BCUT2D eigenvalue weighted by Crippen LogP contribution is 2.50. The summed E-state index contributed by atoms with van der Waals surface area (Å²) in [6, 6.07) is 6.79. The Morgan fingerprint density at radius 1 is 1.03 bits per heavy atom. The van der Waals surface area contributed by atoms with E-state index in [1.807, 2.05) is 20.8 Å². The maximum atomic E-state index is 12.5. The monoisotopic (exact) mass is 412 g/mol. The molecule has 0 unspecified atom stereocenters. The summed E-state index contributed by atoms with van der Waals surface area (Å²) in [6.07, 6.45) is 6.26. The van der Waals surface area contributed by atoms with Crippen molar-refractivity contribution in [3.63, 3.8) is 0 Å².